The molecule has 0 fully saturated rings. The zero-order chi connectivity index (χ0) is 18.8. The monoisotopic (exact) mass is 352 g/mol. The lowest BCUT2D eigenvalue weighted by Crippen LogP contribution is -2.04. The lowest BCUT2D eigenvalue weighted by Gasteiger charge is -2.13. The number of esters is 3. The Morgan fingerprint density at radius 1 is 0.615 bits per heavy atom. The van der Waals surface area contributed by atoms with Gasteiger partial charge in [-0.05, 0) is 47.2 Å². The van der Waals surface area contributed by atoms with Crippen molar-refractivity contribution < 1.29 is 28.6 Å². The highest BCUT2D eigenvalue weighted by Gasteiger charge is 2.14. The standard InChI is InChI=1S/C20H16O6/c1-11(21)24-16-6-7-18-15(9-16)8-14-4-5-17(25-12(2)22)10-19(14)20(18)26-13(3)23/h4-10H,1-3H3. The van der Waals surface area contributed by atoms with Crippen molar-refractivity contribution >= 4 is 39.5 Å². The molecular weight excluding hydrogens is 336 g/mol. The summed E-state index contributed by atoms with van der Waals surface area (Å²) >= 11 is 0. The van der Waals surface area contributed by atoms with Crippen LogP contribution in [0.2, 0.25) is 0 Å². The number of carbonyl (C=O) groups is 3. The average molecular weight is 352 g/mol. The number of carbonyl (C=O) groups excluding carboxylic acids is 3. The molecular formula is C20H16O6. The molecule has 3 aromatic carbocycles. The Kier molecular flexibility index (Phi) is 4.58. The average Bonchev–Trinajstić information content (AvgIpc) is 2.53. The minimum atomic E-state index is -0.472. The molecule has 26 heavy (non-hydrogen) atoms. The van der Waals surface area contributed by atoms with Crippen molar-refractivity contribution in [3.05, 3.63) is 42.5 Å². The number of hydrogen-bond donors (Lipinski definition) is 0. The quantitative estimate of drug-likeness (QED) is 0.406. The fourth-order valence-electron chi connectivity index (χ4n) is 2.75. The Labute approximate surface area is 149 Å². The number of hydrogen-bond acceptors (Lipinski definition) is 6. The first-order valence-electron chi connectivity index (χ1n) is 7.89. The van der Waals surface area contributed by atoms with Crippen LogP contribution in [0.5, 0.6) is 17.2 Å². The molecule has 0 atom stereocenters. The third-order valence-corrected chi connectivity index (χ3v) is 3.62. The van der Waals surface area contributed by atoms with Crippen LogP contribution < -0.4 is 14.2 Å². The van der Waals surface area contributed by atoms with Gasteiger partial charge in [0.25, 0.3) is 0 Å². The fourth-order valence-corrected chi connectivity index (χ4v) is 2.75. The Hall–Kier alpha value is -3.41. The minimum Gasteiger partial charge on any atom is -0.427 e. The second-order valence-corrected chi connectivity index (χ2v) is 5.75. The van der Waals surface area contributed by atoms with E-state index >= 15 is 0 Å². The first-order chi connectivity index (χ1) is 12.3. The largest absolute Gasteiger partial charge is 0.427 e. The van der Waals surface area contributed by atoms with Gasteiger partial charge in [0.1, 0.15) is 17.2 Å². The summed E-state index contributed by atoms with van der Waals surface area (Å²) in [6, 6.07) is 12.0. The van der Waals surface area contributed by atoms with Gasteiger partial charge in [-0.15, -0.1) is 0 Å². The van der Waals surface area contributed by atoms with Crippen LogP contribution in [0.4, 0.5) is 0 Å². The predicted molar refractivity (Wildman–Crippen MR) is 95.4 cm³/mol. The first-order valence-corrected chi connectivity index (χ1v) is 7.89. The van der Waals surface area contributed by atoms with Crippen molar-refractivity contribution in [1.29, 1.82) is 0 Å². The molecule has 0 unspecified atom stereocenters. The van der Waals surface area contributed by atoms with Gasteiger partial charge in [0.2, 0.25) is 0 Å². The van der Waals surface area contributed by atoms with Gasteiger partial charge >= 0.3 is 17.9 Å². The molecule has 0 aliphatic rings. The Bertz CT molecular complexity index is 1050. The normalized spacial score (nSPS) is 10.6. The summed E-state index contributed by atoms with van der Waals surface area (Å²) < 4.78 is 15.7. The summed E-state index contributed by atoms with van der Waals surface area (Å²) in [5, 5.41) is 2.83. The maximum atomic E-state index is 11.6. The van der Waals surface area contributed by atoms with Crippen LogP contribution in [0.15, 0.2) is 42.5 Å². The fraction of sp³-hybridized carbons (Fsp3) is 0.150. The summed E-state index contributed by atoms with van der Waals surface area (Å²) in [6.45, 7) is 3.95. The van der Waals surface area contributed by atoms with Gasteiger partial charge in [0.05, 0.1) is 0 Å². The molecule has 0 amide bonds. The van der Waals surface area contributed by atoms with E-state index in [1.54, 1.807) is 36.4 Å². The summed E-state index contributed by atoms with van der Waals surface area (Å²) in [7, 11) is 0. The van der Waals surface area contributed by atoms with Crippen LogP contribution in [0, 0.1) is 0 Å². The van der Waals surface area contributed by atoms with E-state index in [2.05, 4.69) is 0 Å². The molecule has 0 N–H and O–H groups in total. The van der Waals surface area contributed by atoms with Crippen molar-refractivity contribution in [2.24, 2.45) is 0 Å². The molecule has 3 aromatic rings. The number of ether oxygens (including phenoxy) is 3. The van der Waals surface area contributed by atoms with Crippen molar-refractivity contribution in [3.8, 4) is 17.2 Å². The zero-order valence-electron chi connectivity index (χ0n) is 14.5. The van der Waals surface area contributed by atoms with Gasteiger partial charge in [0, 0.05) is 31.5 Å². The van der Waals surface area contributed by atoms with E-state index in [1.165, 1.54) is 20.8 Å². The molecule has 132 valence electrons. The lowest BCUT2D eigenvalue weighted by atomic mass is 10.0. The van der Waals surface area contributed by atoms with Crippen LogP contribution in [0.25, 0.3) is 21.5 Å². The molecule has 0 heterocycles. The summed E-state index contributed by atoms with van der Waals surface area (Å²) in [5.41, 5.74) is 0. The second-order valence-electron chi connectivity index (χ2n) is 5.75. The van der Waals surface area contributed by atoms with Crippen molar-refractivity contribution in [2.75, 3.05) is 0 Å². The third kappa shape index (κ3) is 3.64. The Morgan fingerprint density at radius 3 is 1.81 bits per heavy atom. The highest BCUT2D eigenvalue weighted by atomic mass is 16.5. The molecule has 0 bridgehead atoms. The molecule has 0 aliphatic heterocycles. The van der Waals surface area contributed by atoms with Crippen LogP contribution in [-0.4, -0.2) is 17.9 Å². The topological polar surface area (TPSA) is 78.9 Å². The molecule has 0 aromatic heterocycles. The van der Waals surface area contributed by atoms with Crippen LogP contribution >= 0.6 is 0 Å². The number of rotatable bonds is 3. The number of fused-ring (bicyclic) bond motifs is 2. The maximum Gasteiger partial charge on any atom is 0.308 e. The second kappa shape index (κ2) is 6.84. The van der Waals surface area contributed by atoms with Crippen LogP contribution in [0.1, 0.15) is 20.8 Å². The van der Waals surface area contributed by atoms with Gasteiger partial charge < -0.3 is 14.2 Å². The van der Waals surface area contributed by atoms with E-state index in [-0.39, 0.29) is 0 Å². The van der Waals surface area contributed by atoms with Gasteiger partial charge in [-0.3, -0.25) is 14.4 Å². The van der Waals surface area contributed by atoms with Gasteiger partial charge in [-0.1, -0.05) is 6.07 Å². The Balaban J connectivity index is 2.26. The van der Waals surface area contributed by atoms with Crippen molar-refractivity contribution in [1.82, 2.24) is 0 Å². The molecule has 3 rings (SSSR count). The van der Waals surface area contributed by atoms with Gasteiger partial charge in [-0.2, -0.15) is 0 Å². The van der Waals surface area contributed by atoms with E-state index in [4.69, 9.17) is 14.2 Å². The zero-order valence-corrected chi connectivity index (χ0v) is 14.5. The van der Waals surface area contributed by atoms with Crippen LogP contribution in [-0.2, 0) is 14.4 Å². The van der Waals surface area contributed by atoms with E-state index in [1.807, 2.05) is 6.07 Å². The van der Waals surface area contributed by atoms with E-state index < -0.39 is 17.9 Å². The smallest absolute Gasteiger partial charge is 0.308 e. The SMILES string of the molecule is CC(=O)Oc1ccc2c(OC(C)=O)c3cc(OC(C)=O)ccc3cc2c1. The number of benzene rings is 3. The minimum absolute atomic E-state index is 0.355. The predicted octanol–water partition coefficient (Wildman–Crippen LogP) is 3.77. The van der Waals surface area contributed by atoms with Crippen molar-refractivity contribution in [3.63, 3.8) is 0 Å². The van der Waals surface area contributed by atoms with Crippen molar-refractivity contribution in [2.45, 2.75) is 20.8 Å². The first kappa shape index (κ1) is 17.4. The van der Waals surface area contributed by atoms with E-state index in [0.717, 1.165) is 10.8 Å². The third-order valence-electron chi connectivity index (χ3n) is 3.62. The van der Waals surface area contributed by atoms with E-state index in [0.29, 0.717) is 28.0 Å². The summed E-state index contributed by atoms with van der Waals surface area (Å²) in [5.74, 6) is -0.223. The molecule has 0 saturated heterocycles. The van der Waals surface area contributed by atoms with Crippen LogP contribution in [0.3, 0.4) is 0 Å². The molecule has 6 nitrogen and oxygen atoms in total. The highest BCUT2D eigenvalue weighted by Crippen LogP contribution is 2.38. The highest BCUT2D eigenvalue weighted by molar-refractivity contribution is 6.07. The maximum absolute atomic E-state index is 11.6. The van der Waals surface area contributed by atoms with Gasteiger partial charge in [-0.25, -0.2) is 0 Å². The molecule has 0 aliphatic carbocycles. The summed E-state index contributed by atoms with van der Waals surface area (Å²) in [6.07, 6.45) is 0. The summed E-state index contributed by atoms with van der Waals surface area (Å²) in [4.78, 5) is 34.0. The molecule has 6 heteroatoms. The molecule has 0 spiro atoms. The van der Waals surface area contributed by atoms with E-state index in [9.17, 15) is 14.4 Å². The Morgan fingerprint density at radius 2 is 1.19 bits per heavy atom. The van der Waals surface area contributed by atoms with Gasteiger partial charge in [0.15, 0.2) is 0 Å². The molecule has 0 saturated carbocycles. The molecule has 0 radical (unpaired) electrons. The lowest BCUT2D eigenvalue weighted by molar-refractivity contribution is -0.132.